The van der Waals surface area contributed by atoms with Gasteiger partial charge in [0.1, 0.15) is 12.0 Å². The lowest BCUT2D eigenvalue weighted by atomic mass is 10.0. The Morgan fingerprint density at radius 3 is 2.85 bits per heavy atom. The van der Waals surface area contributed by atoms with Crippen LogP contribution >= 0.6 is 0 Å². The van der Waals surface area contributed by atoms with Crippen LogP contribution in [0.5, 0.6) is 0 Å². The molecule has 0 saturated carbocycles. The van der Waals surface area contributed by atoms with Crippen LogP contribution in [0.1, 0.15) is 32.4 Å². The van der Waals surface area contributed by atoms with Crippen LogP contribution in [-0.4, -0.2) is 4.98 Å². The fourth-order valence-electron chi connectivity index (χ4n) is 0.885. The quantitative estimate of drug-likeness (QED) is 0.775. The zero-order chi connectivity index (χ0) is 9.84. The zero-order valence-electron chi connectivity index (χ0n) is 8.37. The molecule has 1 heterocycles. The van der Waals surface area contributed by atoms with E-state index in [1.807, 2.05) is 6.08 Å². The number of nitrogens with two attached hydrogens (primary N) is 1. The third-order valence-corrected chi connectivity index (χ3v) is 2.03. The number of aromatic nitrogens is 1. The summed E-state index contributed by atoms with van der Waals surface area (Å²) in [6, 6.07) is 0. The van der Waals surface area contributed by atoms with Gasteiger partial charge in [-0.25, -0.2) is 4.98 Å². The Morgan fingerprint density at radius 1 is 1.69 bits per heavy atom. The van der Waals surface area contributed by atoms with E-state index < -0.39 is 0 Å². The molecular weight excluding hydrogens is 164 g/mol. The standard InChI is InChI=1S/C10H16N2O/c1-7(2)8(3)4-9-6-13-10(5-11)12-9/h4,6-7H,5,11H2,1-3H3/b8-4+. The van der Waals surface area contributed by atoms with Crippen LogP contribution in [-0.2, 0) is 6.54 Å². The van der Waals surface area contributed by atoms with Crippen molar-refractivity contribution in [3.05, 3.63) is 23.4 Å². The van der Waals surface area contributed by atoms with Gasteiger partial charge in [-0.15, -0.1) is 0 Å². The summed E-state index contributed by atoms with van der Waals surface area (Å²) >= 11 is 0. The van der Waals surface area contributed by atoms with E-state index in [-0.39, 0.29) is 0 Å². The van der Waals surface area contributed by atoms with E-state index in [2.05, 4.69) is 25.8 Å². The molecule has 1 rings (SSSR count). The van der Waals surface area contributed by atoms with Crippen LogP contribution < -0.4 is 5.73 Å². The van der Waals surface area contributed by atoms with E-state index in [1.165, 1.54) is 5.57 Å². The van der Waals surface area contributed by atoms with Crippen molar-refractivity contribution in [2.75, 3.05) is 0 Å². The minimum Gasteiger partial charge on any atom is -0.447 e. The van der Waals surface area contributed by atoms with Crippen molar-refractivity contribution in [3.63, 3.8) is 0 Å². The molecule has 0 fully saturated rings. The normalized spacial score (nSPS) is 12.5. The Morgan fingerprint density at radius 2 is 2.38 bits per heavy atom. The molecule has 1 aromatic rings. The lowest BCUT2D eigenvalue weighted by Crippen LogP contribution is -1.95. The summed E-state index contributed by atoms with van der Waals surface area (Å²) in [4.78, 5) is 4.18. The van der Waals surface area contributed by atoms with Crippen molar-refractivity contribution in [2.45, 2.75) is 27.3 Å². The van der Waals surface area contributed by atoms with Crippen molar-refractivity contribution in [1.29, 1.82) is 0 Å². The molecule has 0 aliphatic rings. The minimum atomic E-state index is 0.356. The van der Waals surface area contributed by atoms with Gasteiger partial charge in [-0.1, -0.05) is 19.4 Å². The smallest absolute Gasteiger partial charge is 0.208 e. The fourth-order valence-corrected chi connectivity index (χ4v) is 0.885. The fraction of sp³-hybridized carbons (Fsp3) is 0.500. The van der Waals surface area contributed by atoms with Gasteiger partial charge in [0.05, 0.1) is 6.54 Å². The number of allylic oxidation sites excluding steroid dienone is 1. The number of rotatable bonds is 3. The Balaban J connectivity index is 2.79. The molecule has 1 aromatic heterocycles. The molecule has 0 aliphatic heterocycles. The maximum atomic E-state index is 5.38. The summed E-state index contributed by atoms with van der Waals surface area (Å²) in [6.45, 7) is 6.74. The Labute approximate surface area is 78.7 Å². The van der Waals surface area contributed by atoms with E-state index in [4.69, 9.17) is 10.2 Å². The number of hydrogen-bond acceptors (Lipinski definition) is 3. The van der Waals surface area contributed by atoms with E-state index in [0.717, 1.165) is 5.69 Å². The predicted octanol–water partition coefficient (Wildman–Crippen LogP) is 2.19. The highest BCUT2D eigenvalue weighted by Gasteiger charge is 2.01. The van der Waals surface area contributed by atoms with Gasteiger partial charge in [-0.3, -0.25) is 0 Å². The molecule has 0 unspecified atom stereocenters. The van der Waals surface area contributed by atoms with E-state index >= 15 is 0 Å². The van der Waals surface area contributed by atoms with Gasteiger partial charge in [0.2, 0.25) is 5.89 Å². The van der Waals surface area contributed by atoms with Gasteiger partial charge >= 0.3 is 0 Å². The second kappa shape index (κ2) is 4.23. The average molecular weight is 180 g/mol. The maximum absolute atomic E-state index is 5.38. The van der Waals surface area contributed by atoms with Crippen LogP contribution in [0.2, 0.25) is 0 Å². The highest BCUT2D eigenvalue weighted by atomic mass is 16.3. The van der Waals surface area contributed by atoms with Crippen molar-refractivity contribution in [1.82, 2.24) is 4.98 Å². The largest absolute Gasteiger partial charge is 0.447 e. The van der Waals surface area contributed by atoms with Gasteiger partial charge in [-0.2, -0.15) is 0 Å². The molecule has 0 aromatic carbocycles. The van der Waals surface area contributed by atoms with Crippen molar-refractivity contribution in [3.8, 4) is 0 Å². The van der Waals surface area contributed by atoms with Gasteiger partial charge in [0, 0.05) is 0 Å². The number of nitrogens with zero attached hydrogens (tertiary/aromatic N) is 1. The van der Waals surface area contributed by atoms with Crippen LogP contribution in [0.25, 0.3) is 6.08 Å². The molecule has 0 radical (unpaired) electrons. The molecule has 3 nitrogen and oxygen atoms in total. The second-order valence-electron chi connectivity index (χ2n) is 3.41. The highest BCUT2D eigenvalue weighted by Crippen LogP contribution is 2.13. The summed E-state index contributed by atoms with van der Waals surface area (Å²) in [5.41, 5.74) is 7.52. The molecule has 0 spiro atoms. The summed E-state index contributed by atoms with van der Waals surface area (Å²) in [5.74, 6) is 1.13. The highest BCUT2D eigenvalue weighted by molar-refractivity contribution is 5.47. The lowest BCUT2D eigenvalue weighted by molar-refractivity contribution is 0.497. The van der Waals surface area contributed by atoms with Crippen LogP contribution in [0.15, 0.2) is 16.3 Å². The molecule has 0 saturated heterocycles. The van der Waals surface area contributed by atoms with Crippen LogP contribution in [0.3, 0.4) is 0 Å². The van der Waals surface area contributed by atoms with E-state index in [9.17, 15) is 0 Å². The van der Waals surface area contributed by atoms with Crippen molar-refractivity contribution >= 4 is 6.08 Å². The molecule has 72 valence electrons. The molecule has 0 aliphatic carbocycles. The van der Waals surface area contributed by atoms with E-state index in [1.54, 1.807) is 6.26 Å². The second-order valence-corrected chi connectivity index (χ2v) is 3.41. The SMILES string of the molecule is C/C(=C\c1coc(CN)n1)C(C)C. The van der Waals surface area contributed by atoms with E-state index in [0.29, 0.717) is 18.4 Å². The van der Waals surface area contributed by atoms with Gasteiger partial charge in [0.25, 0.3) is 0 Å². The maximum Gasteiger partial charge on any atom is 0.208 e. The number of hydrogen-bond donors (Lipinski definition) is 1. The molecule has 3 heteroatoms. The average Bonchev–Trinajstić information content (AvgIpc) is 2.52. The first kappa shape index (κ1) is 9.99. The van der Waals surface area contributed by atoms with Crippen LogP contribution in [0.4, 0.5) is 0 Å². The molecular formula is C10H16N2O. The number of oxazole rings is 1. The Hall–Kier alpha value is -1.09. The topological polar surface area (TPSA) is 52.0 Å². The zero-order valence-corrected chi connectivity index (χ0v) is 8.37. The summed E-state index contributed by atoms with van der Waals surface area (Å²) in [6.07, 6.45) is 3.65. The molecule has 0 amide bonds. The molecule has 0 bridgehead atoms. The van der Waals surface area contributed by atoms with Crippen molar-refractivity contribution < 1.29 is 4.42 Å². The van der Waals surface area contributed by atoms with Crippen LogP contribution in [0, 0.1) is 5.92 Å². The van der Waals surface area contributed by atoms with Crippen molar-refractivity contribution in [2.24, 2.45) is 11.7 Å². The third kappa shape index (κ3) is 2.70. The third-order valence-electron chi connectivity index (χ3n) is 2.03. The van der Waals surface area contributed by atoms with Gasteiger partial charge in [0.15, 0.2) is 0 Å². The molecule has 0 atom stereocenters. The summed E-state index contributed by atoms with van der Waals surface area (Å²) in [7, 11) is 0. The summed E-state index contributed by atoms with van der Waals surface area (Å²) < 4.78 is 5.11. The molecule has 2 N–H and O–H groups in total. The lowest BCUT2D eigenvalue weighted by Gasteiger charge is -2.02. The first-order valence-electron chi connectivity index (χ1n) is 4.46. The summed E-state index contributed by atoms with van der Waals surface area (Å²) in [5, 5.41) is 0. The predicted molar refractivity (Wildman–Crippen MR) is 52.9 cm³/mol. The Bertz CT molecular complexity index is 300. The first-order valence-corrected chi connectivity index (χ1v) is 4.46. The molecule has 13 heavy (non-hydrogen) atoms. The van der Waals surface area contributed by atoms with Gasteiger partial charge < -0.3 is 10.2 Å². The van der Waals surface area contributed by atoms with Gasteiger partial charge in [-0.05, 0) is 18.9 Å². The Kier molecular flexibility index (Phi) is 3.25. The first-order chi connectivity index (χ1) is 6.13. The minimum absolute atomic E-state index is 0.356. The monoisotopic (exact) mass is 180 g/mol.